The maximum atomic E-state index is 11.9. The minimum atomic E-state index is -0.314. The van der Waals surface area contributed by atoms with Gasteiger partial charge in [-0.2, -0.15) is 0 Å². The highest BCUT2D eigenvalue weighted by Crippen LogP contribution is 2.29. The largest absolute Gasteiger partial charge is 0.423 e. The van der Waals surface area contributed by atoms with Crippen molar-refractivity contribution in [2.75, 3.05) is 13.1 Å². The molecule has 1 aromatic heterocycles. The number of nitrogens with zero attached hydrogens (tertiary/aromatic N) is 1. The van der Waals surface area contributed by atoms with Crippen molar-refractivity contribution in [2.24, 2.45) is 4.99 Å². The fourth-order valence-electron chi connectivity index (χ4n) is 2.73. The molecule has 0 aliphatic heterocycles. The van der Waals surface area contributed by atoms with Crippen LogP contribution < -0.4 is 10.9 Å². The normalized spacial score (nSPS) is 12.0. The van der Waals surface area contributed by atoms with Crippen LogP contribution in [-0.4, -0.2) is 18.3 Å². The van der Waals surface area contributed by atoms with Crippen LogP contribution in [0.3, 0.4) is 0 Å². The Balaban J connectivity index is 2.07. The van der Waals surface area contributed by atoms with Gasteiger partial charge in [0.05, 0.1) is 0 Å². The minimum absolute atomic E-state index is 0.314. The molecule has 0 saturated carbocycles. The second kappa shape index (κ2) is 7.53. The van der Waals surface area contributed by atoms with Crippen LogP contribution in [0.5, 0.6) is 0 Å². The van der Waals surface area contributed by atoms with Crippen molar-refractivity contribution in [2.45, 2.75) is 19.6 Å². The number of hydrogen-bond acceptors (Lipinski definition) is 4. The Hall–Kier alpha value is -2.27. The summed E-state index contributed by atoms with van der Waals surface area (Å²) in [7, 11) is 0. The van der Waals surface area contributed by atoms with Crippen LogP contribution in [0.25, 0.3) is 21.7 Å². The fourth-order valence-corrected chi connectivity index (χ4v) is 3.71. The number of fused-ring (bicyclic) bond motifs is 3. The molecule has 0 unspecified atom stereocenters. The number of rotatable bonds is 4. The van der Waals surface area contributed by atoms with Gasteiger partial charge in [-0.3, -0.25) is 4.99 Å². The lowest BCUT2D eigenvalue weighted by Crippen LogP contribution is -2.20. The average molecular weight is 340 g/mol. The first-order valence-electron chi connectivity index (χ1n) is 8.08. The number of amidine groups is 1. The molecule has 0 fully saturated rings. The Morgan fingerprint density at radius 1 is 1.21 bits per heavy atom. The Kier molecular flexibility index (Phi) is 5.20. The van der Waals surface area contributed by atoms with Crippen molar-refractivity contribution in [3.8, 4) is 0 Å². The average Bonchev–Trinajstić information content (AvgIpc) is 2.59. The second-order valence-electron chi connectivity index (χ2n) is 5.35. The van der Waals surface area contributed by atoms with E-state index in [1.54, 1.807) is 17.8 Å². The first kappa shape index (κ1) is 16.6. The SMILES string of the molecule is CCN=C(NCC)SCc1cc(=O)oc2ccc3ccccc3c12. The van der Waals surface area contributed by atoms with E-state index < -0.39 is 0 Å². The van der Waals surface area contributed by atoms with Gasteiger partial charge in [-0.1, -0.05) is 42.1 Å². The predicted molar refractivity (Wildman–Crippen MR) is 103 cm³/mol. The molecule has 0 bridgehead atoms. The molecule has 0 saturated heterocycles. The molecular weight excluding hydrogens is 320 g/mol. The van der Waals surface area contributed by atoms with E-state index in [1.807, 2.05) is 38.1 Å². The number of thioether (sulfide) groups is 1. The van der Waals surface area contributed by atoms with Crippen molar-refractivity contribution >= 4 is 38.7 Å². The molecule has 0 aliphatic carbocycles. The van der Waals surface area contributed by atoms with E-state index >= 15 is 0 Å². The summed E-state index contributed by atoms with van der Waals surface area (Å²) in [6, 6.07) is 13.6. The summed E-state index contributed by atoms with van der Waals surface area (Å²) in [5, 5.41) is 7.42. The van der Waals surface area contributed by atoms with Gasteiger partial charge in [0, 0.05) is 30.3 Å². The standard InChI is InChI=1S/C19H20N2O2S/c1-3-20-19(21-4-2)24-12-14-11-17(22)23-16-10-9-13-7-5-6-8-15(13)18(14)16/h5-11H,3-4,12H2,1-2H3,(H,20,21). The smallest absolute Gasteiger partial charge is 0.336 e. The van der Waals surface area contributed by atoms with Crippen molar-refractivity contribution in [3.63, 3.8) is 0 Å². The van der Waals surface area contributed by atoms with Gasteiger partial charge in [0.1, 0.15) is 5.58 Å². The molecule has 5 heteroatoms. The third-order valence-corrected chi connectivity index (χ3v) is 4.71. The van der Waals surface area contributed by atoms with E-state index in [-0.39, 0.29) is 5.63 Å². The Labute approximate surface area is 145 Å². The number of hydrogen-bond donors (Lipinski definition) is 1. The Morgan fingerprint density at radius 2 is 2.04 bits per heavy atom. The quantitative estimate of drug-likeness (QED) is 0.335. The zero-order chi connectivity index (χ0) is 16.9. The van der Waals surface area contributed by atoms with E-state index in [4.69, 9.17) is 4.42 Å². The second-order valence-corrected chi connectivity index (χ2v) is 6.31. The highest BCUT2D eigenvalue weighted by Gasteiger charge is 2.11. The summed E-state index contributed by atoms with van der Waals surface area (Å²) < 4.78 is 5.40. The molecule has 0 spiro atoms. The summed E-state index contributed by atoms with van der Waals surface area (Å²) in [6.07, 6.45) is 0. The molecule has 2 aromatic carbocycles. The summed E-state index contributed by atoms with van der Waals surface area (Å²) in [5.41, 5.74) is 1.30. The van der Waals surface area contributed by atoms with Crippen molar-refractivity contribution in [3.05, 3.63) is 58.4 Å². The van der Waals surface area contributed by atoms with E-state index in [0.29, 0.717) is 11.3 Å². The van der Waals surface area contributed by atoms with Gasteiger partial charge in [0.25, 0.3) is 0 Å². The summed E-state index contributed by atoms with van der Waals surface area (Å²) in [4.78, 5) is 16.4. The molecule has 4 nitrogen and oxygen atoms in total. The Morgan fingerprint density at radius 3 is 2.83 bits per heavy atom. The van der Waals surface area contributed by atoms with E-state index in [2.05, 4.69) is 22.4 Å². The lowest BCUT2D eigenvalue weighted by atomic mass is 10.0. The van der Waals surface area contributed by atoms with Crippen LogP contribution in [-0.2, 0) is 5.75 Å². The van der Waals surface area contributed by atoms with Crippen LogP contribution in [0.4, 0.5) is 0 Å². The monoisotopic (exact) mass is 340 g/mol. The highest BCUT2D eigenvalue weighted by molar-refractivity contribution is 8.13. The van der Waals surface area contributed by atoms with Crippen LogP contribution in [0.2, 0.25) is 0 Å². The van der Waals surface area contributed by atoms with Crippen molar-refractivity contribution in [1.29, 1.82) is 0 Å². The van der Waals surface area contributed by atoms with Crippen LogP contribution in [0.1, 0.15) is 19.4 Å². The van der Waals surface area contributed by atoms with Crippen LogP contribution in [0, 0.1) is 0 Å². The lowest BCUT2D eigenvalue weighted by molar-refractivity contribution is 0.560. The third kappa shape index (κ3) is 3.46. The van der Waals surface area contributed by atoms with Gasteiger partial charge >= 0.3 is 5.63 Å². The number of nitrogens with one attached hydrogen (secondary N) is 1. The van der Waals surface area contributed by atoms with Gasteiger partial charge in [-0.15, -0.1) is 0 Å². The molecule has 0 atom stereocenters. The maximum absolute atomic E-state index is 11.9. The summed E-state index contributed by atoms with van der Waals surface area (Å²) in [5.74, 6) is 0.669. The minimum Gasteiger partial charge on any atom is -0.423 e. The zero-order valence-electron chi connectivity index (χ0n) is 13.8. The molecule has 3 rings (SSSR count). The molecule has 0 amide bonds. The van der Waals surface area contributed by atoms with E-state index in [1.165, 1.54) is 0 Å². The summed E-state index contributed by atoms with van der Waals surface area (Å²) in [6.45, 7) is 5.62. The molecule has 1 N–H and O–H groups in total. The molecule has 24 heavy (non-hydrogen) atoms. The fraction of sp³-hybridized carbons (Fsp3) is 0.263. The molecule has 3 aromatic rings. The first-order chi connectivity index (χ1) is 11.7. The van der Waals surface area contributed by atoms with Gasteiger partial charge in [0.15, 0.2) is 5.17 Å². The van der Waals surface area contributed by atoms with Gasteiger partial charge < -0.3 is 9.73 Å². The maximum Gasteiger partial charge on any atom is 0.336 e. The zero-order valence-corrected chi connectivity index (χ0v) is 14.7. The predicted octanol–water partition coefficient (Wildman–Crippen LogP) is 4.16. The highest BCUT2D eigenvalue weighted by atomic mass is 32.2. The lowest BCUT2D eigenvalue weighted by Gasteiger charge is -2.10. The first-order valence-corrected chi connectivity index (χ1v) is 9.07. The summed E-state index contributed by atoms with van der Waals surface area (Å²) >= 11 is 1.61. The molecule has 0 aliphatic rings. The molecule has 1 heterocycles. The Bertz CT molecular complexity index is 947. The van der Waals surface area contributed by atoms with E-state index in [0.717, 1.165) is 40.0 Å². The molecule has 0 radical (unpaired) electrons. The van der Waals surface area contributed by atoms with Crippen molar-refractivity contribution < 1.29 is 4.42 Å². The third-order valence-electron chi connectivity index (χ3n) is 3.71. The van der Waals surface area contributed by atoms with E-state index in [9.17, 15) is 4.79 Å². The number of aliphatic imine (C=N–C) groups is 1. The molecular formula is C19H20N2O2S. The van der Waals surface area contributed by atoms with Crippen LogP contribution >= 0.6 is 11.8 Å². The van der Waals surface area contributed by atoms with Crippen molar-refractivity contribution in [1.82, 2.24) is 5.32 Å². The van der Waals surface area contributed by atoms with Gasteiger partial charge in [-0.05, 0) is 36.2 Å². The topological polar surface area (TPSA) is 54.6 Å². The van der Waals surface area contributed by atoms with Crippen LogP contribution in [0.15, 0.2) is 56.7 Å². The number of benzene rings is 2. The van der Waals surface area contributed by atoms with Gasteiger partial charge in [-0.25, -0.2) is 4.79 Å². The molecule has 124 valence electrons. The van der Waals surface area contributed by atoms with Gasteiger partial charge in [0.2, 0.25) is 0 Å².